The summed E-state index contributed by atoms with van der Waals surface area (Å²) in [4.78, 5) is 12.2. The number of imidazole rings is 1. The molecule has 5 N–H and O–H groups in total. The number of allylic oxidation sites excluding steroid dienone is 1. The number of aliphatic hydroxyl groups excluding tert-OH is 3. The molecular weight excluding hydrogens is 314 g/mol. The van der Waals surface area contributed by atoms with Gasteiger partial charge in [-0.3, -0.25) is 4.57 Å². The Morgan fingerprint density at radius 2 is 2.12 bits per heavy atom. The first kappa shape index (κ1) is 16.8. The maximum atomic E-state index is 10.7. The summed E-state index contributed by atoms with van der Waals surface area (Å²) in [6.45, 7) is 3.51. The van der Waals surface area contributed by atoms with Crippen LogP contribution in [-0.4, -0.2) is 59.8 Å². The lowest BCUT2D eigenvalue weighted by Gasteiger charge is -2.31. The predicted molar refractivity (Wildman–Crippen MR) is 85.7 cm³/mol. The summed E-state index contributed by atoms with van der Waals surface area (Å²) in [5.41, 5.74) is 5.09. The molecule has 1 aliphatic rings. The van der Waals surface area contributed by atoms with Gasteiger partial charge in [-0.15, -0.1) is 0 Å². The van der Waals surface area contributed by atoms with Gasteiger partial charge in [-0.05, 0) is 12.0 Å². The molecular formula is C15H21N5O4. The van der Waals surface area contributed by atoms with Gasteiger partial charge in [0.05, 0.1) is 12.9 Å². The van der Waals surface area contributed by atoms with Gasteiger partial charge >= 0.3 is 0 Å². The number of hydrogen-bond acceptors (Lipinski definition) is 8. The number of fused-ring (bicyclic) bond motifs is 1. The molecule has 9 nitrogen and oxygen atoms in total. The van der Waals surface area contributed by atoms with Crippen LogP contribution < -0.4 is 5.73 Å². The molecule has 2 aromatic rings. The summed E-state index contributed by atoms with van der Waals surface area (Å²) in [7, 11) is 0. The zero-order valence-electron chi connectivity index (χ0n) is 13.4. The summed E-state index contributed by atoms with van der Waals surface area (Å²) in [6, 6.07) is 0. The minimum absolute atomic E-state index is 0.178. The van der Waals surface area contributed by atoms with Gasteiger partial charge in [0.2, 0.25) is 0 Å². The van der Waals surface area contributed by atoms with Crippen molar-refractivity contribution in [2.24, 2.45) is 5.92 Å². The standard InChI is InChI=1S/C15H21N5O4/c1-8(2)3-4-15(12(23)11(22)9(5-21)24-15)20-7-19-10-13(16)17-6-18-14(10)20/h3-4,6-9,11-12,21-23H,5H2,1-2H3,(H2,16,17,18)/t9-,11-,12-,15-/m1/s1. The SMILES string of the molecule is CC(C)C=C[C@@]1(n2cnc3c(N)ncnc32)O[C@H](CO)[C@@H](O)[C@H]1O. The fraction of sp³-hybridized carbons (Fsp3) is 0.533. The van der Waals surface area contributed by atoms with E-state index in [0.29, 0.717) is 11.2 Å². The molecule has 3 rings (SSSR count). The lowest BCUT2D eigenvalue weighted by atomic mass is 10.00. The Kier molecular flexibility index (Phi) is 4.26. The number of ether oxygens (including phenoxy) is 1. The van der Waals surface area contributed by atoms with E-state index < -0.39 is 30.6 Å². The smallest absolute Gasteiger partial charge is 0.195 e. The second kappa shape index (κ2) is 6.10. The van der Waals surface area contributed by atoms with Gasteiger partial charge in [0.1, 0.15) is 30.2 Å². The van der Waals surface area contributed by atoms with Crippen molar-refractivity contribution < 1.29 is 20.1 Å². The van der Waals surface area contributed by atoms with Crippen LogP contribution in [-0.2, 0) is 10.5 Å². The van der Waals surface area contributed by atoms with E-state index in [1.54, 1.807) is 6.08 Å². The number of anilines is 1. The molecule has 1 fully saturated rings. The van der Waals surface area contributed by atoms with Crippen molar-refractivity contribution in [3.8, 4) is 0 Å². The van der Waals surface area contributed by atoms with Crippen LogP contribution in [0.2, 0.25) is 0 Å². The average molecular weight is 335 g/mol. The average Bonchev–Trinajstić information content (AvgIpc) is 3.09. The largest absolute Gasteiger partial charge is 0.394 e. The molecule has 4 atom stereocenters. The number of hydrogen-bond donors (Lipinski definition) is 4. The molecule has 0 unspecified atom stereocenters. The third-order valence-electron chi connectivity index (χ3n) is 4.11. The number of aliphatic hydroxyl groups is 3. The monoisotopic (exact) mass is 335 g/mol. The Bertz CT molecular complexity index is 761. The summed E-state index contributed by atoms with van der Waals surface area (Å²) < 4.78 is 7.35. The fourth-order valence-electron chi connectivity index (χ4n) is 2.83. The Hall–Kier alpha value is -2.07. The molecule has 0 aliphatic carbocycles. The number of nitrogens with two attached hydrogens (primary N) is 1. The van der Waals surface area contributed by atoms with Crippen molar-refractivity contribution in [2.45, 2.75) is 37.9 Å². The third-order valence-corrected chi connectivity index (χ3v) is 4.11. The molecule has 9 heteroatoms. The quantitative estimate of drug-likeness (QED) is 0.542. The van der Waals surface area contributed by atoms with E-state index in [1.807, 2.05) is 19.9 Å². The Morgan fingerprint density at radius 1 is 1.38 bits per heavy atom. The van der Waals surface area contributed by atoms with Crippen LogP contribution >= 0.6 is 0 Å². The second-order valence-corrected chi connectivity index (χ2v) is 6.17. The van der Waals surface area contributed by atoms with Crippen LogP contribution in [0.5, 0.6) is 0 Å². The number of aromatic nitrogens is 4. The normalized spacial score (nSPS) is 30.8. The molecule has 0 radical (unpaired) electrons. The van der Waals surface area contributed by atoms with E-state index in [0.717, 1.165) is 0 Å². The summed E-state index contributed by atoms with van der Waals surface area (Å²) in [5.74, 6) is 0.381. The molecule has 2 aromatic heterocycles. The number of nitrogen functional groups attached to an aromatic ring is 1. The zero-order valence-corrected chi connectivity index (χ0v) is 13.4. The summed E-state index contributed by atoms with van der Waals surface area (Å²) >= 11 is 0. The van der Waals surface area contributed by atoms with E-state index in [2.05, 4.69) is 15.0 Å². The number of nitrogens with zero attached hydrogens (tertiary/aromatic N) is 4. The highest BCUT2D eigenvalue weighted by Gasteiger charge is 2.54. The van der Waals surface area contributed by atoms with E-state index in [-0.39, 0.29) is 11.7 Å². The van der Waals surface area contributed by atoms with Gasteiger partial charge in [0, 0.05) is 0 Å². The van der Waals surface area contributed by atoms with Crippen LogP contribution in [0.4, 0.5) is 5.82 Å². The molecule has 0 spiro atoms. The number of rotatable bonds is 4. The minimum atomic E-state index is -1.45. The predicted octanol–water partition coefficient (Wildman–Crippen LogP) is -0.614. The molecule has 24 heavy (non-hydrogen) atoms. The lowest BCUT2D eigenvalue weighted by molar-refractivity contribution is -0.110. The first-order valence-electron chi connectivity index (χ1n) is 7.69. The van der Waals surface area contributed by atoms with E-state index in [1.165, 1.54) is 17.2 Å². The molecule has 3 heterocycles. The van der Waals surface area contributed by atoms with E-state index >= 15 is 0 Å². The summed E-state index contributed by atoms with van der Waals surface area (Å²) in [6.07, 6.45) is 2.69. The van der Waals surface area contributed by atoms with Gasteiger partial charge < -0.3 is 25.8 Å². The fourth-order valence-corrected chi connectivity index (χ4v) is 2.83. The van der Waals surface area contributed by atoms with Crippen LogP contribution in [0.1, 0.15) is 13.8 Å². The van der Waals surface area contributed by atoms with Crippen molar-refractivity contribution in [2.75, 3.05) is 12.3 Å². The van der Waals surface area contributed by atoms with Crippen molar-refractivity contribution in [1.82, 2.24) is 19.5 Å². The van der Waals surface area contributed by atoms with Gasteiger partial charge in [-0.25, -0.2) is 15.0 Å². The maximum Gasteiger partial charge on any atom is 0.195 e. The third kappa shape index (κ3) is 2.46. The van der Waals surface area contributed by atoms with E-state index in [4.69, 9.17) is 10.5 Å². The molecule has 0 amide bonds. The Labute approximate surface area is 138 Å². The molecule has 130 valence electrons. The topological polar surface area (TPSA) is 140 Å². The molecule has 0 aromatic carbocycles. The molecule has 1 saturated heterocycles. The van der Waals surface area contributed by atoms with Gasteiger partial charge in [0.25, 0.3) is 0 Å². The van der Waals surface area contributed by atoms with Crippen LogP contribution in [0, 0.1) is 5.92 Å². The first-order chi connectivity index (χ1) is 11.4. The summed E-state index contributed by atoms with van der Waals surface area (Å²) in [5, 5.41) is 30.3. The Morgan fingerprint density at radius 3 is 2.75 bits per heavy atom. The van der Waals surface area contributed by atoms with Gasteiger partial charge in [-0.1, -0.05) is 19.9 Å². The Balaban J connectivity index is 2.20. The molecule has 0 bridgehead atoms. The molecule has 0 saturated carbocycles. The highest BCUT2D eigenvalue weighted by molar-refractivity contribution is 5.81. The second-order valence-electron chi connectivity index (χ2n) is 6.17. The highest BCUT2D eigenvalue weighted by atomic mass is 16.6. The van der Waals surface area contributed by atoms with E-state index in [9.17, 15) is 15.3 Å². The lowest BCUT2D eigenvalue weighted by Crippen LogP contribution is -2.44. The van der Waals surface area contributed by atoms with Crippen molar-refractivity contribution in [3.05, 3.63) is 24.8 Å². The van der Waals surface area contributed by atoms with Gasteiger partial charge in [-0.2, -0.15) is 0 Å². The van der Waals surface area contributed by atoms with Crippen molar-refractivity contribution >= 4 is 17.0 Å². The zero-order chi connectivity index (χ0) is 17.5. The van der Waals surface area contributed by atoms with Crippen LogP contribution in [0.15, 0.2) is 24.8 Å². The van der Waals surface area contributed by atoms with Crippen molar-refractivity contribution in [1.29, 1.82) is 0 Å². The maximum absolute atomic E-state index is 10.7. The minimum Gasteiger partial charge on any atom is -0.394 e. The first-order valence-corrected chi connectivity index (χ1v) is 7.69. The van der Waals surface area contributed by atoms with Gasteiger partial charge in [0.15, 0.2) is 17.2 Å². The van der Waals surface area contributed by atoms with Crippen molar-refractivity contribution in [3.63, 3.8) is 0 Å². The van der Waals surface area contributed by atoms with Crippen LogP contribution in [0.3, 0.4) is 0 Å². The highest BCUT2D eigenvalue weighted by Crippen LogP contribution is 2.39. The van der Waals surface area contributed by atoms with Crippen LogP contribution in [0.25, 0.3) is 11.2 Å². The molecule has 1 aliphatic heterocycles.